The largest absolute Gasteiger partial charge is 0.488 e. The Morgan fingerprint density at radius 2 is 2.12 bits per heavy atom. The quantitative estimate of drug-likeness (QED) is 0.651. The van der Waals surface area contributed by atoms with Gasteiger partial charge in [0.25, 0.3) is 6.43 Å². The Morgan fingerprint density at radius 1 is 1.47 bits per heavy atom. The van der Waals surface area contributed by atoms with Gasteiger partial charge in [0.2, 0.25) is 0 Å². The molecule has 0 aliphatic carbocycles. The third-order valence-electron chi connectivity index (χ3n) is 2.14. The average Bonchev–Trinajstić information content (AvgIpc) is 2.29. The molecule has 2 N–H and O–H groups in total. The fourth-order valence-corrected chi connectivity index (χ4v) is 1.29. The molecule has 0 aliphatic heterocycles. The number of carbonyl (C=O) groups is 1. The van der Waals surface area contributed by atoms with Gasteiger partial charge in [0, 0.05) is 5.69 Å². The van der Waals surface area contributed by atoms with Crippen LogP contribution in [-0.4, -0.2) is 26.1 Å². The van der Waals surface area contributed by atoms with Gasteiger partial charge in [-0.3, -0.25) is 0 Å². The minimum absolute atomic E-state index is 0.108. The molecule has 0 saturated heterocycles. The molecule has 1 aromatic rings. The number of nitrogens with two attached hydrogens (primary N) is 1. The molecule has 1 rings (SSSR count). The second kappa shape index (κ2) is 5.47. The van der Waals surface area contributed by atoms with Gasteiger partial charge >= 0.3 is 5.97 Å². The van der Waals surface area contributed by atoms with E-state index in [0.717, 1.165) is 0 Å². The highest BCUT2D eigenvalue weighted by molar-refractivity contribution is 5.96. The number of alkyl halides is 2. The maximum atomic E-state index is 12.0. The van der Waals surface area contributed by atoms with E-state index in [1.54, 1.807) is 6.92 Å². The first-order valence-corrected chi connectivity index (χ1v) is 4.85. The first-order valence-electron chi connectivity index (χ1n) is 4.85. The van der Waals surface area contributed by atoms with Crippen molar-refractivity contribution >= 4 is 11.7 Å². The highest BCUT2D eigenvalue weighted by atomic mass is 19.3. The third kappa shape index (κ3) is 3.30. The van der Waals surface area contributed by atoms with Crippen LogP contribution in [-0.2, 0) is 4.74 Å². The molecule has 0 fully saturated rings. The normalized spacial score (nSPS) is 10.4. The van der Waals surface area contributed by atoms with E-state index in [4.69, 9.17) is 10.5 Å². The van der Waals surface area contributed by atoms with E-state index in [1.807, 2.05) is 0 Å². The Bertz CT molecular complexity index is 421. The molecule has 0 heterocycles. The standard InChI is InChI=1S/C11H13F2NO3/c1-6-3-7(17-5-9(12)13)4-8(10(6)14)11(15)16-2/h3-4,9H,5,14H2,1-2H3. The van der Waals surface area contributed by atoms with E-state index < -0.39 is 19.0 Å². The van der Waals surface area contributed by atoms with Crippen molar-refractivity contribution in [1.82, 2.24) is 0 Å². The van der Waals surface area contributed by atoms with Crippen molar-refractivity contribution < 1.29 is 23.0 Å². The highest BCUT2D eigenvalue weighted by Gasteiger charge is 2.14. The van der Waals surface area contributed by atoms with Gasteiger partial charge in [-0.05, 0) is 24.6 Å². The van der Waals surface area contributed by atoms with Crippen LogP contribution in [0.1, 0.15) is 15.9 Å². The van der Waals surface area contributed by atoms with Crippen molar-refractivity contribution in [2.75, 3.05) is 19.5 Å². The lowest BCUT2D eigenvalue weighted by molar-refractivity contribution is 0.0600. The second-order valence-corrected chi connectivity index (χ2v) is 3.40. The minimum Gasteiger partial charge on any atom is -0.488 e. The molecule has 0 amide bonds. The lowest BCUT2D eigenvalue weighted by atomic mass is 10.1. The lowest BCUT2D eigenvalue weighted by Crippen LogP contribution is -2.10. The van der Waals surface area contributed by atoms with Crippen LogP contribution in [0, 0.1) is 6.92 Å². The predicted molar refractivity (Wildman–Crippen MR) is 58.4 cm³/mol. The molecular weight excluding hydrogens is 232 g/mol. The summed E-state index contributed by atoms with van der Waals surface area (Å²) in [6, 6.07) is 2.78. The fourth-order valence-electron chi connectivity index (χ4n) is 1.29. The molecule has 0 spiro atoms. The number of halogens is 2. The molecule has 0 saturated carbocycles. The maximum Gasteiger partial charge on any atom is 0.340 e. The summed E-state index contributed by atoms with van der Waals surface area (Å²) in [7, 11) is 1.21. The van der Waals surface area contributed by atoms with E-state index in [0.29, 0.717) is 5.56 Å². The maximum absolute atomic E-state index is 12.0. The van der Waals surface area contributed by atoms with E-state index >= 15 is 0 Å². The van der Waals surface area contributed by atoms with E-state index in [-0.39, 0.29) is 17.0 Å². The SMILES string of the molecule is COC(=O)c1cc(OCC(F)F)cc(C)c1N. The molecule has 1 aromatic carbocycles. The van der Waals surface area contributed by atoms with Gasteiger partial charge in [0.1, 0.15) is 12.4 Å². The van der Waals surface area contributed by atoms with Crippen molar-refractivity contribution in [1.29, 1.82) is 0 Å². The van der Waals surface area contributed by atoms with Gasteiger partial charge in [0.05, 0.1) is 12.7 Å². The smallest absolute Gasteiger partial charge is 0.340 e. The predicted octanol–water partition coefficient (Wildman–Crippen LogP) is 2.01. The molecule has 94 valence electrons. The van der Waals surface area contributed by atoms with Crippen LogP contribution >= 0.6 is 0 Å². The van der Waals surface area contributed by atoms with Gasteiger partial charge < -0.3 is 15.2 Å². The minimum atomic E-state index is -2.57. The summed E-state index contributed by atoms with van der Waals surface area (Å²) >= 11 is 0. The van der Waals surface area contributed by atoms with E-state index in [2.05, 4.69) is 4.74 Å². The molecule has 0 bridgehead atoms. The van der Waals surface area contributed by atoms with Crippen molar-refractivity contribution in [3.63, 3.8) is 0 Å². The number of hydrogen-bond donors (Lipinski definition) is 1. The van der Waals surface area contributed by atoms with Gasteiger partial charge in [-0.15, -0.1) is 0 Å². The molecule has 0 atom stereocenters. The molecule has 0 unspecified atom stereocenters. The Labute approximate surface area is 97.3 Å². The lowest BCUT2D eigenvalue weighted by Gasteiger charge is -2.11. The van der Waals surface area contributed by atoms with Crippen molar-refractivity contribution in [3.8, 4) is 5.75 Å². The van der Waals surface area contributed by atoms with Crippen LogP contribution in [0.2, 0.25) is 0 Å². The number of anilines is 1. The van der Waals surface area contributed by atoms with Gasteiger partial charge in [-0.1, -0.05) is 0 Å². The third-order valence-corrected chi connectivity index (χ3v) is 2.14. The number of benzene rings is 1. The van der Waals surface area contributed by atoms with Crippen LogP contribution in [0.25, 0.3) is 0 Å². The number of ether oxygens (including phenoxy) is 2. The van der Waals surface area contributed by atoms with E-state index in [1.165, 1.54) is 19.2 Å². The Hall–Kier alpha value is -1.85. The van der Waals surface area contributed by atoms with Crippen LogP contribution in [0.3, 0.4) is 0 Å². The van der Waals surface area contributed by atoms with Gasteiger partial charge in [-0.2, -0.15) is 0 Å². The Balaban J connectivity index is 3.01. The second-order valence-electron chi connectivity index (χ2n) is 3.40. The van der Waals surface area contributed by atoms with Crippen LogP contribution in [0.4, 0.5) is 14.5 Å². The van der Waals surface area contributed by atoms with Crippen LogP contribution in [0.5, 0.6) is 5.75 Å². The number of nitrogen functional groups attached to an aromatic ring is 1. The summed E-state index contributed by atoms with van der Waals surface area (Å²) in [6.45, 7) is 0.918. The number of esters is 1. The van der Waals surface area contributed by atoms with Gasteiger partial charge in [-0.25, -0.2) is 13.6 Å². The summed E-state index contributed by atoms with van der Waals surface area (Å²) in [4.78, 5) is 11.4. The van der Waals surface area contributed by atoms with Crippen molar-refractivity contribution in [2.24, 2.45) is 0 Å². The van der Waals surface area contributed by atoms with Crippen molar-refractivity contribution in [3.05, 3.63) is 23.3 Å². The first kappa shape index (κ1) is 13.2. The zero-order chi connectivity index (χ0) is 13.0. The summed E-state index contributed by atoms with van der Waals surface area (Å²) < 4.78 is 33.3. The fraction of sp³-hybridized carbons (Fsp3) is 0.364. The van der Waals surface area contributed by atoms with Crippen molar-refractivity contribution in [2.45, 2.75) is 13.3 Å². The molecule has 0 radical (unpaired) electrons. The van der Waals surface area contributed by atoms with Gasteiger partial charge in [0.15, 0.2) is 0 Å². The number of hydrogen-bond acceptors (Lipinski definition) is 4. The summed E-state index contributed by atoms with van der Waals surface area (Å²) in [5.41, 5.74) is 6.61. The Morgan fingerprint density at radius 3 is 2.65 bits per heavy atom. The van der Waals surface area contributed by atoms with Crippen LogP contribution < -0.4 is 10.5 Å². The molecule has 0 aliphatic rings. The molecule has 4 nitrogen and oxygen atoms in total. The molecule has 0 aromatic heterocycles. The summed E-state index contributed by atoms with van der Waals surface area (Å²) in [6.07, 6.45) is -2.57. The monoisotopic (exact) mass is 245 g/mol. The number of aryl methyl sites for hydroxylation is 1. The summed E-state index contributed by atoms with van der Waals surface area (Å²) in [5.74, 6) is -0.467. The zero-order valence-electron chi connectivity index (χ0n) is 9.50. The Kier molecular flexibility index (Phi) is 4.25. The molecular formula is C11H13F2NO3. The van der Waals surface area contributed by atoms with E-state index in [9.17, 15) is 13.6 Å². The van der Waals surface area contributed by atoms with Crippen LogP contribution in [0.15, 0.2) is 12.1 Å². The molecule has 6 heteroatoms. The highest BCUT2D eigenvalue weighted by Crippen LogP contribution is 2.25. The summed E-state index contributed by atoms with van der Waals surface area (Å²) in [5, 5.41) is 0. The topological polar surface area (TPSA) is 61.5 Å². The molecule has 17 heavy (non-hydrogen) atoms. The average molecular weight is 245 g/mol. The zero-order valence-corrected chi connectivity index (χ0v) is 9.50. The number of carbonyl (C=O) groups excluding carboxylic acids is 1. The number of methoxy groups -OCH3 is 1. The number of rotatable bonds is 4. The first-order chi connectivity index (χ1) is 7.95.